The molecule has 0 bridgehead atoms. The number of hydrogen-bond donors (Lipinski definition) is 1. The smallest absolute Gasteiger partial charge is 0.338 e. The Morgan fingerprint density at radius 2 is 2.25 bits per heavy atom. The molecule has 0 amide bonds. The minimum absolute atomic E-state index is 0.0704. The molecule has 0 aliphatic carbocycles. The van der Waals surface area contributed by atoms with Crippen LogP contribution in [0.4, 0.5) is 4.39 Å². The van der Waals surface area contributed by atoms with Crippen molar-refractivity contribution in [3.05, 3.63) is 47.5 Å². The van der Waals surface area contributed by atoms with Gasteiger partial charge < -0.3 is 5.11 Å². The Balaban J connectivity index is 2.42. The van der Waals surface area contributed by atoms with E-state index in [1.807, 2.05) is 0 Å². The number of aromatic carboxylic acids is 1. The van der Waals surface area contributed by atoms with Crippen molar-refractivity contribution < 1.29 is 14.3 Å². The number of carboxylic acids is 1. The molecule has 0 fully saturated rings. The lowest BCUT2D eigenvalue weighted by Gasteiger charge is -2.02. The molecule has 0 aliphatic rings. The first kappa shape index (κ1) is 10.4. The lowest BCUT2D eigenvalue weighted by molar-refractivity contribution is 0.0697. The predicted molar refractivity (Wildman–Crippen MR) is 55.2 cm³/mol. The van der Waals surface area contributed by atoms with Crippen LogP contribution in [0.2, 0.25) is 0 Å². The van der Waals surface area contributed by atoms with Crippen LogP contribution in [0.25, 0.3) is 5.69 Å². The summed E-state index contributed by atoms with van der Waals surface area (Å²) < 4.78 is 14.6. The summed E-state index contributed by atoms with van der Waals surface area (Å²) in [6.07, 6.45) is 2.56. The molecule has 1 heterocycles. The molecule has 0 saturated heterocycles. The topological polar surface area (TPSA) is 55.1 Å². The minimum Gasteiger partial charge on any atom is -0.478 e. The van der Waals surface area contributed by atoms with Crippen LogP contribution in [-0.4, -0.2) is 20.9 Å². The van der Waals surface area contributed by atoms with Gasteiger partial charge in [-0.1, -0.05) is 6.07 Å². The SMILES string of the molecule is Cc1ccc(-n2cc(C(=O)O)cn2)cc1F. The normalized spacial score (nSPS) is 10.4. The fourth-order valence-corrected chi connectivity index (χ4v) is 1.30. The molecule has 0 spiro atoms. The summed E-state index contributed by atoms with van der Waals surface area (Å²) in [7, 11) is 0. The molecule has 0 unspecified atom stereocenters. The van der Waals surface area contributed by atoms with E-state index in [-0.39, 0.29) is 11.4 Å². The van der Waals surface area contributed by atoms with Gasteiger partial charge in [-0.3, -0.25) is 0 Å². The van der Waals surface area contributed by atoms with Gasteiger partial charge in [0, 0.05) is 6.20 Å². The summed E-state index contributed by atoms with van der Waals surface area (Å²) in [5.74, 6) is -1.40. The minimum atomic E-state index is -1.06. The zero-order valence-electron chi connectivity index (χ0n) is 8.51. The molecule has 1 aromatic heterocycles. The maximum atomic E-state index is 13.3. The fraction of sp³-hybridized carbons (Fsp3) is 0.0909. The van der Waals surface area contributed by atoms with E-state index in [0.29, 0.717) is 11.3 Å². The third-order valence-electron chi connectivity index (χ3n) is 2.25. The van der Waals surface area contributed by atoms with Gasteiger partial charge in [0.15, 0.2) is 0 Å². The number of halogens is 1. The predicted octanol–water partition coefficient (Wildman–Crippen LogP) is 2.02. The summed E-state index contributed by atoms with van der Waals surface area (Å²) in [5, 5.41) is 12.6. The first-order chi connectivity index (χ1) is 7.58. The van der Waals surface area contributed by atoms with Crippen molar-refractivity contribution in [1.82, 2.24) is 9.78 Å². The number of hydrogen-bond acceptors (Lipinski definition) is 2. The molecule has 4 nitrogen and oxygen atoms in total. The van der Waals surface area contributed by atoms with Crippen molar-refractivity contribution in [2.24, 2.45) is 0 Å². The average molecular weight is 220 g/mol. The van der Waals surface area contributed by atoms with E-state index < -0.39 is 5.97 Å². The van der Waals surface area contributed by atoms with E-state index in [0.717, 1.165) is 0 Å². The quantitative estimate of drug-likeness (QED) is 0.842. The van der Waals surface area contributed by atoms with Gasteiger partial charge in [-0.05, 0) is 24.6 Å². The summed E-state index contributed by atoms with van der Waals surface area (Å²) >= 11 is 0. The number of nitrogens with zero attached hydrogens (tertiary/aromatic N) is 2. The molecule has 16 heavy (non-hydrogen) atoms. The molecule has 82 valence electrons. The highest BCUT2D eigenvalue weighted by atomic mass is 19.1. The van der Waals surface area contributed by atoms with Gasteiger partial charge in [-0.25, -0.2) is 13.9 Å². The molecule has 2 rings (SSSR count). The fourth-order valence-electron chi connectivity index (χ4n) is 1.30. The van der Waals surface area contributed by atoms with E-state index in [1.165, 1.54) is 23.1 Å². The maximum absolute atomic E-state index is 13.3. The third kappa shape index (κ3) is 1.79. The van der Waals surface area contributed by atoms with Crippen LogP contribution >= 0.6 is 0 Å². The van der Waals surface area contributed by atoms with E-state index in [4.69, 9.17) is 5.11 Å². The second kappa shape index (κ2) is 3.77. The van der Waals surface area contributed by atoms with Gasteiger partial charge in [0.1, 0.15) is 5.82 Å². The maximum Gasteiger partial charge on any atom is 0.338 e. The molecule has 5 heteroatoms. The monoisotopic (exact) mass is 220 g/mol. The molecule has 2 aromatic rings. The molecule has 0 atom stereocenters. The van der Waals surface area contributed by atoms with Crippen LogP contribution in [-0.2, 0) is 0 Å². The second-order valence-electron chi connectivity index (χ2n) is 3.41. The molecular formula is C11H9FN2O2. The Morgan fingerprint density at radius 1 is 1.50 bits per heavy atom. The van der Waals surface area contributed by atoms with Gasteiger partial charge in [0.05, 0.1) is 17.4 Å². The van der Waals surface area contributed by atoms with E-state index in [2.05, 4.69) is 5.10 Å². The van der Waals surface area contributed by atoms with Crippen molar-refractivity contribution in [3.63, 3.8) is 0 Å². The number of benzene rings is 1. The number of carbonyl (C=O) groups is 1. The Bertz CT molecular complexity index is 549. The molecule has 0 aliphatic heterocycles. The van der Waals surface area contributed by atoms with Crippen LogP contribution in [0, 0.1) is 12.7 Å². The summed E-state index contributed by atoms with van der Waals surface area (Å²) in [6, 6.07) is 4.61. The zero-order valence-corrected chi connectivity index (χ0v) is 8.51. The van der Waals surface area contributed by atoms with Crippen molar-refractivity contribution in [1.29, 1.82) is 0 Å². The van der Waals surface area contributed by atoms with E-state index >= 15 is 0 Å². The van der Waals surface area contributed by atoms with E-state index in [1.54, 1.807) is 19.1 Å². The van der Waals surface area contributed by atoms with Crippen molar-refractivity contribution in [3.8, 4) is 5.69 Å². The summed E-state index contributed by atoms with van der Waals surface area (Å²) in [4.78, 5) is 10.6. The lowest BCUT2D eigenvalue weighted by Crippen LogP contribution is -1.97. The first-order valence-electron chi connectivity index (χ1n) is 4.62. The van der Waals surface area contributed by atoms with Crippen LogP contribution in [0.5, 0.6) is 0 Å². The van der Waals surface area contributed by atoms with Gasteiger partial charge in [0.2, 0.25) is 0 Å². The lowest BCUT2D eigenvalue weighted by atomic mass is 10.2. The zero-order chi connectivity index (χ0) is 11.7. The standard InChI is InChI=1S/C11H9FN2O2/c1-7-2-3-9(4-10(7)12)14-6-8(5-13-14)11(15)16/h2-6H,1H3,(H,15,16). The Hall–Kier alpha value is -2.17. The highest BCUT2D eigenvalue weighted by molar-refractivity contribution is 5.86. The number of rotatable bonds is 2. The number of aryl methyl sites for hydroxylation is 1. The van der Waals surface area contributed by atoms with Gasteiger partial charge in [-0.15, -0.1) is 0 Å². The second-order valence-corrected chi connectivity index (χ2v) is 3.41. The van der Waals surface area contributed by atoms with Crippen LogP contribution < -0.4 is 0 Å². The van der Waals surface area contributed by atoms with Crippen LogP contribution in [0.1, 0.15) is 15.9 Å². The molecule has 1 aromatic carbocycles. The van der Waals surface area contributed by atoms with Crippen molar-refractivity contribution in [2.45, 2.75) is 6.92 Å². The Morgan fingerprint density at radius 3 is 2.81 bits per heavy atom. The third-order valence-corrected chi connectivity index (χ3v) is 2.25. The van der Waals surface area contributed by atoms with Gasteiger partial charge in [0.25, 0.3) is 0 Å². The highest BCUT2D eigenvalue weighted by Gasteiger charge is 2.08. The Kier molecular flexibility index (Phi) is 2.44. The Labute approximate surface area is 90.9 Å². The summed E-state index contributed by atoms with van der Waals surface area (Å²) in [6.45, 7) is 1.66. The molecule has 0 radical (unpaired) electrons. The largest absolute Gasteiger partial charge is 0.478 e. The van der Waals surface area contributed by atoms with E-state index in [9.17, 15) is 9.18 Å². The number of aromatic nitrogens is 2. The van der Waals surface area contributed by atoms with Gasteiger partial charge >= 0.3 is 5.97 Å². The van der Waals surface area contributed by atoms with Crippen LogP contribution in [0.15, 0.2) is 30.6 Å². The van der Waals surface area contributed by atoms with Crippen molar-refractivity contribution in [2.75, 3.05) is 0 Å². The number of carboxylic acid groups (broad SMARTS) is 1. The molecule has 1 N–H and O–H groups in total. The van der Waals surface area contributed by atoms with Crippen LogP contribution in [0.3, 0.4) is 0 Å². The highest BCUT2D eigenvalue weighted by Crippen LogP contribution is 2.13. The molecule has 0 saturated carbocycles. The van der Waals surface area contributed by atoms with Gasteiger partial charge in [-0.2, -0.15) is 5.10 Å². The molecular weight excluding hydrogens is 211 g/mol. The van der Waals surface area contributed by atoms with Crippen molar-refractivity contribution >= 4 is 5.97 Å². The first-order valence-corrected chi connectivity index (χ1v) is 4.62. The summed E-state index contributed by atoms with van der Waals surface area (Å²) in [5.41, 5.74) is 1.10. The average Bonchev–Trinajstić information content (AvgIpc) is 2.71.